The van der Waals surface area contributed by atoms with Gasteiger partial charge < -0.3 is 0 Å². The molecule has 96 valence electrons. The van der Waals surface area contributed by atoms with E-state index in [4.69, 9.17) is 0 Å². The summed E-state index contributed by atoms with van der Waals surface area (Å²) in [6.07, 6.45) is -2.24. The zero-order valence-corrected chi connectivity index (χ0v) is 10.3. The van der Waals surface area contributed by atoms with Crippen molar-refractivity contribution in [2.75, 3.05) is 0 Å². The van der Waals surface area contributed by atoms with Gasteiger partial charge in [-0.25, -0.2) is 4.98 Å². The Morgan fingerprint density at radius 2 is 2.06 bits per heavy atom. The smallest absolute Gasteiger partial charge is 0.287 e. The molecule has 2 aromatic rings. The van der Waals surface area contributed by atoms with Crippen LogP contribution in [-0.4, -0.2) is 20.5 Å². The van der Waals surface area contributed by atoms with Crippen LogP contribution in [0.25, 0.3) is 0 Å². The molecular weight excluding hydrogens is 267 g/mol. The second-order valence-corrected chi connectivity index (χ2v) is 4.65. The summed E-state index contributed by atoms with van der Waals surface area (Å²) in [5.74, 6) is -0.492. The molecule has 2 heterocycles. The number of rotatable bonds is 2. The van der Waals surface area contributed by atoms with Crippen molar-refractivity contribution < 1.29 is 18.0 Å². The second kappa shape index (κ2) is 4.20. The number of thiazole rings is 1. The SMILES string of the molecule is Cc1c(C(=O)c2cnc(C(F)(F)F)s2)cnn1C. The number of aromatic nitrogens is 3. The molecule has 0 radical (unpaired) electrons. The summed E-state index contributed by atoms with van der Waals surface area (Å²) in [5.41, 5.74) is 0.886. The van der Waals surface area contributed by atoms with Gasteiger partial charge in [0.2, 0.25) is 5.78 Å². The molecule has 0 atom stereocenters. The maximum absolute atomic E-state index is 12.4. The average Bonchev–Trinajstić information content (AvgIpc) is 2.86. The van der Waals surface area contributed by atoms with Crippen molar-refractivity contribution in [1.82, 2.24) is 14.8 Å². The van der Waals surface area contributed by atoms with Gasteiger partial charge in [0.15, 0.2) is 5.01 Å². The summed E-state index contributed by atoms with van der Waals surface area (Å²) < 4.78 is 38.6. The maximum atomic E-state index is 12.4. The van der Waals surface area contributed by atoms with E-state index in [2.05, 4.69) is 10.1 Å². The Hall–Kier alpha value is -1.70. The van der Waals surface area contributed by atoms with Crippen LogP contribution in [0.2, 0.25) is 0 Å². The second-order valence-electron chi connectivity index (χ2n) is 3.62. The molecule has 18 heavy (non-hydrogen) atoms. The predicted octanol–water partition coefficient (Wildman–Crippen LogP) is 2.43. The largest absolute Gasteiger partial charge is 0.443 e. The first-order valence-corrected chi connectivity index (χ1v) is 5.68. The molecule has 0 bridgehead atoms. The van der Waals surface area contributed by atoms with Gasteiger partial charge in [-0.05, 0) is 6.92 Å². The van der Waals surface area contributed by atoms with E-state index in [1.54, 1.807) is 14.0 Å². The van der Waals surface area contributed by atoms with Crippen LogP contribution >= 0.6 is 11.3 Å². The van der Waals surface area contributed by atoms with Crippen LogP contribution in [0.5, 0.6) is 0 Å². The Kier molecular flexibility index (Phi) is 2.97. The van der Waals surface area contributed by atoms with Gasteiger partial charge in [0.05, 0.1) is 16.6 Å². The summed E-state index contributed by atoms with van der Waals surface area (Å²) in [7, 11) is 1.65. The molecule has 2 rings (SSSR count). The van der Waals surface area contributed by atoms with Crippen LogP contribution < -0.4 is 0 Å². The Morgan fingerprint density at radius 1 is 1.39 bits per heavy atom. The van der Waals surface area contributed by atoms with Crippen molar-refractivity contribution in [3.8, 4) is 0 Å². The molecule has 2 aromatic heterocycles. The number of carbonyl (C=O) groups excluding carboxylic acids is 1. The molecule has 0 fully saturated rings. The van der Waals surface area contributed by atoms with Gasteiger partial charge in [-0.2, -0.15) is 18.3 Å². The third kappa shape index (κ3) is 2.15. The Labute approximate surface area is 104 Å². The van der Waals surface area contributed by atoms with Crippen molar-refractivity contribution in [3.05, 3.63) is 33.5 Å². The standard InChI is InChI=1S/C10H8F3N3OS/c1-5-6(3-15-16(5)2)8(17)7-4-14-9(18-7)10(11,12)13/h3-4H,1-2H3. The van der Waals surface area contributed by atoms with Gasteiger partial charge in [-0.3, -0.25) is 9.48 Å². The van der Waals surface area contributed by atoms with E-state index >= 15 is 0 Å². The van der Waals surface area contributed by atoms with Crippen molar-refractivity contribution in [1.29, 1.82) is 0 Å². The molecule has 0 aromatic carbocycles. The number of alkyl halides is 3. The van der Waals surface area contributed by atoms with E-state index in [1.165, 1.54) is 10.9 Å². The third-order valence-electron chi connectivity index (χ3n) is 2.45. The van der Waals surface area contributed by atoms with Crippen LogP contribution in [0.15, 0.2) is 12.4 Å². The number of ketones is 1. The van der Waals surface area contributed by atoms with E-state index in [1.807, 2.05) is 0 Å². The zero-order valence-electron chi connectivity index (χ0n) is 9.45. The number of hydrogen-bond acceptors (Lipinski definition) is 4. The van der Waals surface area contributed by atoms with E-state index in [9.17, 15) is 18.0 Å². The Balaban J connectivity index is 2.36. The fourth-order valence-corrected chi connectivity index (χ4v) is 2.10. The first-order valence-electron chi connectivity index (χ1n) is 4.87. The Bertz CT molecular complexity index is 600. The number of halogens is 3. The molecule has 4 nitrogen and oxygen atoms in total. The monoisotopic (exact) mass is 275 g/mol. The molecule has 0 aliphatic carbocycles. The molecule has 0 N–H and O–H groups in total. The van der Waals surface area contributed by atoms with E-state index < -0.39 is 17.0 Å². The van der Waals surface area contributed by atoms with E-state index in [0.29, 0.717) is 17.0 Å². The van der Waals surface area contributed by atoms with Gasteiger partial charge in [-0.15, -0.1) is 11.3 Å². The fourth-order valence-electron chi connectivity index (χ4n) is 1.36. The molecule has 0 saturated heterocycles. The summed E-state index contributed by atoms with van der Waals surface area (Å²) in [5, 5.41) is 2.86. The van der Waals surface area contributed by atoms with Crippen LogP contribution in [0.4, 0.5) is 13.2 Å². The van der Waals surface area contributed by atoms with Crippen LogP contribution in [-0.2, 0) is 13.2 Å². The lowest BCUT2D eigenvalue weighted by Gasteiger charge is -1.99. The predicted molar refractivity (Wildman–Crippen MR) is 58.5 cm³/mol. The van der Waals surface area contributed by atoms with Gasteiger partial charge in [0, 0.05) is 18.9 Å². The fraction of sp³-hybridized carbons (Fsp3) is 0.300. The highest BCUT2D eigenvalue weighted by molar-refractivity contribution is 7.14. The maximum Gasteiger partial charge on any atom is 0.443 e. The number of nitrogens with zero attached hydrogens (tertiary/aromatic N) is 3. The Morgan fingerprint density at radius 3 is 2.50 bits per heavy atom. The van der Waals surface area contributed by atoms with Crippen LogP contribution in [0.3, 0.4) is 0 Å². The summed E-state index contributed by atoms with van der Waals surface area (Å²) >= 11 is 0.338. The summed E-state index contributed by atoms with van der Waals surface area (Å²) in [4.78, 5) is 15.1. The lowest BCUT2D eigenvalue weighted by Crippen LogP contribution is -2.03. The molecule has 8 heteroatoms. The highest BCUT2D eigenvalue weighted by Gasteiger charge is 2.35. The first kappa shape index (κ1) is 12.7. The quantitative estimate of drug-likeness (QED) is 0.791. The van der Waals surface area contributed by atoms with Crippen LogP contribution in [0.1, 0.15) is 25.9 Å². The first-order chi connectivity index (χ1) is 8.30. The van der Waals surface area contributed by atoms with Crippen molar-refractivity contribution in [3.63, 3.8) is 0 Å². The molecular formula is C10H8F3N3OS. The molecule has 0 aliphatic heterocycles. The lowest BCUT2D eigenvalue weighted by atomic mass is 10.1. The van der Waals surface area contributed by atoms with Gasteiger partial charge in [0.25, 0.3) is 0 Å². The highest BCUT2D eigenvalue weighted by Crippen LogP contribution is 2.33. The molecule has 0 saturated carbocycles. The van der Waals surface area contributed by atoms with E-state index in [-0.39, 0.29) is 10.4 Å². The summed E-state index contributed by atoms with van der Waals surface area (Å²) in [6, 6.07) is 0. The average molecular weight is 275 g/mol. The zero-order chi connectivity index (χ0) is 13.5. The molecule has 0 unspecified atom stereocenters. The minimum atomic E-state index is -4.52. The van der Waals surface area contributed by atoms with Crippen molar-refractivity contribution in [2.24, 2.45) is 7.05 Å². The van der Waals surface area contributed by atoms with Crippen molar-refractivity contribution >= 4 is 17.1 Å². The van der Waals surface area contributed by atoms with Gasteiger partial charge >= 0.3 is 6.18 Å². The minimum Gasteiger partial charge on any atom is -0.287 e. The van der Waals surface area contributed by atoms with Crippen molar-refractivity contribution in [2.45, 2.75) is 13.1 Å². The lowest BCUT2D eigenvalue weighted by molar-refractivity contribution is -0.137. The number of aryl methyl sites for hydroxylation is 1. The normalized spacial score (nSPS) is 11.8. The van der Waals surface area contributed by atoms with Gasteiger partial charge in [-0.1, -0.05) is 0 Å². The summed E-state index contributed by atoms with van der Waals surface area (Å²) in [6.45, 7) is 1.67. The minimum absolute atomic E-state index is 0.0431. The molecule has 0 amide bonds. The molecule has 0 spiro atoms. The van der Waals surface area contributed by atoms with Crippen LogP contribution in [0, 0.1) is 6.92 Å². The topological polar surface area (TPSA) is 47.8 Å². The van der Waals surface area contributed by atoms with E-state index in [0.717, 1.165) is 6.20 Å². The number of carbonyl (C=O) groups is 1. The number of hydrogen-bond donors (Lipinski definition) is 0. The molecule has 0 aliphatic rings. The third-order valence-corrected chi connectivity index (χ3v) is 3.49. The van der Waals surface area contributed by atoms with Gasteiger partial charge in [0.1, 0.15) is 0 Å². The highest BCUT2D eigenvalue weighted by atomic mass is 32.1.